The van der Waals surface area contributed by atoms with E-state index in [1.165, 1.54) is 0 Å². The summed E-state index contributed by atoms with van der Waals surface area (Å²) in [6.45, 7) is 2.57. The molecule has 1 aromatic carbocycles. The molecular formula is C13H21N3O2. The summed E-state index contributed by atoms with van der Waals surface area (Å²) < 4.78 is 0. The summed E-state index contributed by atoms with van der Waals surface area (Å²) in [6.07, 6.45) is 4.40. The smallest absolute Gasteiger partial charge is 0.269 e. The minimum atomic E-state index is -0.368. The first-order valence-electron chi connectivity index (χ1n) is 6.38. The summed E-state index contributed by atoms with van der Waals surface area (Å²) in [5.41, 5.74) is 6.69. The lowest BCUT2D eigenvalue weighted by atomic mass is 10.1. The van der Waals surface area contributed by atoms with E-state index < -0.39 is 0 Å². The molecule has 100 valence electrons. The zero-order valence-corrected chi connectivity index (χ0v) is 10.6. The highest BCUT2D eigenvalue weighted by molar-refractivity contribution is 5.32. The Morgan fingerprint density at radius 3 is 2.44 bits per heavy atom. The number of non-ortho nitro benzene ring substituents is 1. The first kappa shape index (κ1) is 14.6. The van der Waals surface area contributed by atoms with E-state index in [1.807, 2.05) is 12.1 Å². The van der Waals surface area contributed by atoms with Crippen molar-refractivity contribution in [3.63, 3.8) is 0 Å². The molecule has 0 aromatic heterocycles. The minimum Gasteiger partial charge on any atom is -0.329 e. The van der Waals surface area contributed by atoms with E-state index >= 15 is 0 Å². The maximum atomic E-state index is 10.5. The van der Waals surface area contributed by atoms with Crippen molar-refractivity contribution in [1.29, 1.82) is 0 Å². The third-order valence-corrected chi connectivity index (χ3v) is 2.79. The van der Waals surface area contributed by atoms with E-state index in [0.717, 1.165) is 44.3 Å². The van der Waals surface area contributed by atoms with Crippen molar-refractivity contribution in [1.82, 2.24) is 5.32 Å². The molecule has 0 unspecified atom stereocenters. The number of benzene rings is 1. The van der Waals surface area contributed by atoms with E-state index in [9.17, 15) is 10.1 Å². The lowest BCUT2D eigenvalue weighted by molar-refractivity contribution is -0.384. The standard InChI is InChI=1S/C13H21N3O2/c14-9-11-15-10-3-1-2-4-12-5-7-13(8-6-12)16(17)18/h5-8,15H,1-4,9-11,14H2. The Hall–Kier alpha value is -1.46. The maximum absolute atomic E-state index is 10.5. The van der Waals surface area contributed by atoms with Crippen molar-refractivity contribution < 1.29 is 4.92 Å². The fourth-order valence-electron chi connectivity index (χ4n) is 1.77. The van der Waals surface area contributed by atoms with Crippen LogP contribution in [0.2, 0.25) is 0 Å². The highest BCUT2D eigenvalue weighted by Crippen LogP contribution is 2.13. The number of hydrogen-bond donors (Lipinski definition) is 2. The van der Waals surface area contributed by atoms with Crippen LogP contribution < -0.4 is 11.1 Å². The van der Waals surface area contributed by atoms with Gasteiger partial charge < -0.3 is 11.1 Å². The Kier molecular flexibility index (Phi) is 6.98. The van der Waals surface area contributed by atoms with Gasteiger partial charge in [0.2, 0.25) is 0 Å². The van der Waals surface area contributed by atoms with Crippen LogP contribution in [0, 0.1) is 10.1 Å². The molecule has 1 aromatic rings. The number of aryl methyl sites for hydroxylation is 1. The summed E-state index contributed by atoms with van der Waals surface area (Å²) in [5.74, 6) is 0. The number of rotatable bonds is 9. The highest BCUT2D eigenvalue weighted by atomic mass is 16.6. The molecule has 0 aliphatic rings. The number of unbranched alkanes of at least 4 members (excludes halogenated alkanes) is 2. The van der Waals surface area contributed by atoms with Gasteiger partial charge in [-0.2, -0.15) is 0 Å². The predicted molar refractivity (Wildman–Crippen MR) is 72.6 cm³/mol. The van der Waals surface area contributed by atoms with Crippen molar-refractivity contribution in [2.75, 3.05) is 19.6 Å². The van der Waals surface area contributed by atoms with E-state index in [-0.39, 0.29) is 10.6 Å². The van der Waals surface area contributed by atoms with Crippen molar-refractivity contribution in [2.45, 2.75) is 25.7 Å². The van der Waals surface area contributed by atoms with Gasteiger partial charge in [-0.1, -0.05) is 18.6 Å². The molecule has 0 heterocycles. The van der Waals surface area contributed by atoms with E-state index in [1.54, 1.807) is 12.1 Å². The zero-order valence-electron chi connectivity index (χ0n) is 10.6. The van der Waals surface area contributed by atoms with Gasteiger partial charge in [-0.05, 0) is 31.4 Å². The van der Waals surface area contributed by atoms with E-state index in [4.69, 9.17) is 5.73 Å². The Morgan fingerprint density at radius 1 is 1.11 bits per heavy atom. The lowest BCUT2D eigenvalue weighted by Gasteiger charge is -2.03. The average Bonchev–Trinajstić information content (AvgIpc) is 2.38. The zero-order chi connectivity index (χ0) is 13.2. The van der Waals surface area contributed by atoms with Gasteiger partial charge in [-0.25, -0.2) is 0 Å². The van der Waals surface area contributed by atoms with Gasteiger partial charge in [0.15, 0.2) is 0 Å². The fraction of sp³-hybridized carbons (Fsp3) is 0.538. The molecule has 0 fully saturated rings. The Balaban J connectivity index is 2.14. The second kappa shape index (κ2) is 8.60. The van der Waals surface area contributed by atoms with Crippen LogP contribution in [0.5, 0.6) is 0 Å². The predicted octanol–water partition coefficient (Wildman–Crippen LogP) is 1.86. The Labute approximate surface area is 108 Å². The molecule has 1 rings (SSSR count). The van der Waals surface area contributed by atoms with Crippen molar-refractivity contribution >= 4 is 5.69 Å². The molecule has 0 radical (unpaired) electrons. The molecule has 0 saturated heterocycles. The normalized spacial score (nSPS) is 10.5. The molecule has 18 heavy (non-hydrogen) atoms. The van der Waals surface area contributed by atoms with E-state index in [2.05, 4.69) is 5.32 Å². The average molecular weight is 251 g/mol. The maximum Gasteiger partial charge on any atom is 0.269 e. The second-order valence-electron chi connectivity index (χ2n) is 4.27. The minimum absolute atomic E-state index is 0.157. The fourth-order valence-corrected chi connectivity index (χ4v) is 1.77. The van der Waals surface area contributed by atoms with Gasteiger partial charge in [0.25, 0.3) is 5.69 Å². The van der Waals surface area contributed by atoms with Gasteiger partial charge in [0.05, 0.1) is 4.92 Å². The second-order valence-corrected chi connectivity index (χ2v) is 4.27. The largest absolute Gasteiger partial charge is 0.329 e. The summed E-state index contributed by atoms with van der Waals surface area (Å²) >= 11 is 0. The van der Waals surface area contributed by atoms with Crippen molar-refractivity contribution in [3.05, 3.63) is 39.9 Å². The number of nitrogens with one attached hydrogen (secondary N) is 1. The highest BCUT2D eigenvalue weighted by Gasteiger charge is 2.03. The number of nitrogens with two attached hydrogens (primary N) is 1. The van der Waals surface area contributed by atoms with Crippen LogP contribution in [-0.2, 0) is 6.42 Å². The molecule has 0 amide bonds. The third kappa shape index (κ3) is 5.75. The van der Waals surface area contributed by atoms with Crippen LogP contribution >= 0.6 is 0 Å². The summed E-state index contributed by atoms with van der Waals surface area (Å²) in [4.78, 5) is 10.1. The number of nitrogens with zero attached hydrogens (tertiary/aromatic N) is 1. The molecule has 5 heteroatoms. The van der Waals surface area contributed by atoms with Gasteiger partial charge >= 0.3 is 0 Å². The van der Waals surface area contributed by atoms with Crippen LogP contribution in [0.25, 0.3) is 0 Å². The summed E-state index contributed by atoms with van der Waals surface area (Å²) in [5, 5.41) is 13.7. The number of hydrogen-bond acceptors (Lipinski definition) is 4. The van der Waals surface area contributed by atoms with Gasteiger partial charge in [-0.3, -0.25) is 10.1 Å². The third-order valence-electron chi connectivity index (χ3n) is 2.79. The lowest BCUT2D eigenvalue weighted by Crippen LogP contribution is -2.23. The summed E-state index contributed by atoms with van der Waals surface area (Å²) in [6, 6.07) is 6.81. The molecule has 0 bridgehead atoms. The molecule has 5 nitrogen and oxygen atoms in total. The molecular weight excluding hydrogens is 230 g/mol. The molecule has 0 atom stereocenters. The van der Waals surface area contributed by atoms with Gasteiger partial charge in [0, 0.05) is 25.2 Å². The summed E-state index contributed by atoms with van der Waals surface area (Å²) in [7, 11) is 0. The Bertz CT molecular complexity index is 352. The van der Waals surface area contributed by atoms with Crippen LogP contribution in [0.1, 0.15) is 24.8 Å². The van der Waals surface area contributed by atoms with Gasteiger partial charge in [-0.15, -0.1) is 0 Å². The van der Waals surface area contributed by atoms with Crippen molar-refractivity contribution in [2.24, 2.45) is 5.73 Å². The van der Waals surface area contributed by atoms with Crippen LogP contribution in [0.3, 0.4) is 0 Å². The van der Waals surface area contributed by atoms with Crippen LogP contribution in [0.4, 0.5) is 5.69 Å². The molecule has 0 spiro atoms. The Morgan fingerprint density at radius 2 is 1.83 bits per heavy atom. The number of nitro groups is 1. The SMILES string of the molecule is NCCNCCCCCc1ccc([N+](=O)[O-])cc1. The van der Waals surface area contributed by atoms with Gasteiger partial charge in [0.1, 0.15) is 0 Å². The molecule has 0 aliphatic heterocycles. The topological polar surface area (TPSA) is 81.2 Å². The van der Waals surface area contributed by atoms with Crippen molar-refractivity contribution in [3.8, 4) is 0 Å². The molecule has 0 saturated carbocycles. The van der Waals surface area contributed by atoms with Crippen LogP contribution in [0.15, 0.2) is 24.3 Å². The monoisotopic (exact) mass is 251 g/mol. The van der Waals surface area contributed by atoms with E-state index in [0.29, 0.717) is 6.54 Å². The molecule has 3 N–H and O–H groups in total. The molecule has 0 aliphatic carbocycles. The first-order valence-corrected chi connectivity index (χ1v) is 6.38. The first-order chi connectivity index (χ1) is 8.74. The quantitative estimate of drug-likeness (QED) is 0.399. The number of nitro benzene ring substituents is 1. The van der Waals surface area contributed by atoms with Crippen LogP contribution in [-0.4, -0.2) is 24.6 Å².